The number of carbonyl (C=O) groups excluding carboxylic acids is 2. The quantitative estimate of drug-likeness (QED) is 0.476. The molecule has 0 bridgehead atoms. The number of rotatable bonds is 4. The summed E-state index contributed by atoms with van der Waals surface area (Å²) in [6.45, 7) is 5.93. The van der Waals surface area contributed by atoms with E-state index in [1.165, 1.54) is 6.08 Å². The number of hydrogen-bond acceptors (Lipinski definition) is 3. The van der Waals surface area contributed by atoms with Crippen LogP contribution in [0.25, 0.3) is 5.57 Å². The zero-order valence-corrected chi connectivity index (χ0v) is 15.1. The Balaban J connectivity index is 1.79. The van der Waals surface area contributed by atoms with Gasteiger partial charge < -0.3 is 4.74 Å². The smallest absolute Gasteiger partial charge is 0.331 e. The van der Waals surface area contributed by atoms with E-state index in [2.05, 4.69) is 18.4 Å². The van der Waals surface area contributed by atoms with E-state index in [1.807, 2.05) is 54.6 Å². The molecular formula is C23H19NO3. The summed E-state index contributed by atoms with van der Waals surface area (Å²) in [7, 11) is 0. The maximum absolute atomic E-state index is 12.8. The Kier molecular flexibility index (Phi) is 5.53. The van der Waals surface area contributed by atoms with Crippen LogP contribution in [0.4, 0.5) is 5.69 Å². The molecule has 4 nitrogen and oxygen atoms in total. The molecule has 0 atom stereocenters. The monoisotopic (exact) mass is 357 g/mol. The van der Waals surface area contributed by atoms with Crippen LogP contribution in [-0.2, 0) is 20.9 Å². The number of fused-ring (bicyclic) bond motifs is 1. The van der Waals surface area contributed by atoms with Crippen LogP contribution in [0.1, 0.15) is 18.1 Å². The van der Waals surface area contributed by atoms with Crippen LogP contribution in [-0.4, -0.2) is 18.4 Å². The lowest BCUT2D eigenvalue weighted by atomic mass is 10.1. The van der Waals surface area contributed by atoms with E-state index in [0.29, 0.717) is 11.1 Å². The summed E-state index contributed by atoms with van der Waals surface area (Å²) in [5.41, 5.74) is 3.38. The predicted molar refractivity (Wildman–Crippen MR) is 106 cm³/mol. The van der Waals surface area contributed by atoms with Gasteiger partial charge in [-0.1, -0.05) is 67.0 Å². The van der Waals surface area contributed by atoms with E-state index in [-0.39, 0.29) is 19.1 Å². The molecule has 0 aromatic heterocycles. The zero-order chi connectivity index (χ0) is 19.2. The number of hydrogen-bond donors (Lipinski definition) is 0. The second-order valence-electron chi connectivity index (χ2n) is 6.14. The van der Waals surface area contributed by atoms with Crippen molar-refractivity contribution in [2.75, 3.05) is 11.4 Å². The molecule has 0 aliphatic carbocycles. The second-order valence-corrected chi connectivity index (χ2v) is 6.14. The summed E-state index contributed by atoms with van der Waals surface area (Å²) in [6.07, 6.45) is 1.26. The molecule has 0 spiro atoms. The maximum atomic E-state index is 12.8. The molecule has 134 valence electrons. The van der Waals surface area contributed by atoms with Gasteiger partial charge in [-0.2, -0.15) is 0 Å². The van der Waals surface area contributed by atoms with Crippen LogP contribution in [0.3, 0.4) is 0 Å². The van der Waals surface area contributed by atoms with Crippen molar-refractivity contribution in [3.8, 4) is 11.8 Å². The molecule has 1 aliphatic rings. The SMILES string of the molecule is C=C(C)C#CCN1C(=O)/C(=C\C(=O)OCc2ccccc2)c2ccccc21. The lowest BCUT2D eigenvalue weighted by molar-refractivity contribution is -0.139. The van der Waals surface area contributed by atoms with Crippen LogP contribution in [0.2, 0.25) is 0 Å². The van der Waals surface area contributed by atoms with E-state index in [0.717, 1.165) is 16.8 Å². The number of benzene rings is 2. The molecule has 1 aliphatic heterocycles. The molecule has 0 unspecified atom stereocenters. The second kappa shape index (κ2) is 8.20. The van der Waals surface area contributed by atoms with Gasteiger partial charge in [0.1, 0.15) is 6.61 Å². The van der Waals surface area contributed by atoms with E-state index in [9.17, 15) is 9.59 Å². The first-order valence-corrected chi connectivity index (χ1v) is 8.54. The van der Waals surface area contributed by atoms with Crippen LogP contribution >= 0.6 is 0 Å². The fourth-order valence-corrected chi connectivity index (χ4v) is 2.76. The van der Waals surface area contributed by atoms with Crippen LogP contribution in [0.5, 0.6) is 0 Å². The molecule has 2 aromatic carbocycles. The third kappa shape index (κ3) is 4.34. The highest BCUT2D eigenvalue weighted by Gasteiger charge is 2.32. The van der Waals surface area contributed by atoms with Crippen molar-refractivity contribution in [2.24, 2.45) is 0 Å². The van der Waals surface area contributed by atoms with Gasteiger partial charge in [-0.25, -0.2) is 4.79 Å². The van der Waals surface area contributed by atoms with Crippen LogP contribution < -0.4 is 4.90 Å². The Hall–Kier alpha value is -3.58. The number of carbonyl (C=O) groups is 2. The van der Waals surface area contributed by atoms with Crippen molar-refractivity contribution in [3.63, 3.8) is 0 Å². The molecule has 4 heteroatoms. The zero-order valence-electron chi connectivity index (χ0n) is 15.1. The Morgan fingerprint density at radius 1 is 1.15 bits per heavy atom. The predicted octanol–water partition coefficient (Wildman–Crippen LogP) is 3.74. The molecule has 1 heterocycles. The van der Waals surface area contributed by atoms with Gasteiger partial charge in [0.2, 0.25) is 0 Å². The normalized spacial score (nSPS) is 13.7. The van der Waals surface area contributed by atoms with Gasteiger partial charge in [0.05, 0.1) is 17.8 Å². The highest BCUT2D eigenvalue weighted by Crippen LogP contribution is 2.36. The van der Waals surface area contributed by atoms with Gasteiger partial charge in [0.25, 0.3) is 5.91 Å². The highest BCUT2D eigenvalue weighted by atomic mass is 16.5. The molecular weight excluding hydrogens is 338 g/mol. The first-order chi connectivity index (χ1) is 13.1. The Morgan fingerprint density at radius 3 is 2.59 bits per heavy atom. The molecule has 0 saturated heterocycles. The summed E-state index contributed by atoms with van der Waals surface area (Å²) in [5.74, 6) is 4.99. The Bertz CT molecular complexity index is 977. The van der Waals surface area contributed by atoms with Gasteiger partial charge in [-0.05, 0) is 24.1 Å². The van der Waals surface area contributed by atoms with Crippen molar-refractivity contribution in [3.05, 3.63) is 84.0 Å². The minimum Gasteiger partial charge on any atom is -0.458 e. The van der Waals surface area contributed by atoms with E-state index in [1.54, 1.807) is 11.8 Å². The number of allylic oxidation sites excluding steroid dienone is 1. The fourth-order valence-electron chi connectivity index (χ4n) is 2.76. The number of anilines is 1. The minimum atomic E-state index is -0.549. The summed E-state index contributed by atoms with van der Waals surface area (Å²) >= 11 is 0. The molecule has 0 N–H and O–H groups in total. The number of nitrogens with zero attached hydrogens (tertiary/aromatic N) is 1. The van der Waals surface area contributed by atoms with Crippen molar-refractivity contribution in [2.45, 2.75) is 13.5 Å². The summed E-state index contributed by atoms with van der Waals surface area (Å²) < 4.78 is 5.28. The van der Waals surface area contributed by atoms with Crippen molar-refractivity contribution >= 4 is 23.1 Å². The Labute approximate surface area is 158 Å². The highest BCUT2D eigenvalue weighted by molar-refractivity contribution is 6.34. The van der Waals surface area contributed by atoms with E-state index in [4.69, 9.17) is 4.74 Å². The number of para-hydroxylation sites is 1. The summed E-state index contributed by atoms with van der Waals surface area (Å²) in [4.78, 5) is 26.6. The maximum Gasteiger partial charge on any atom is 0.331 e. The van der Waals surface area contributed by atoms with Crippen LogP contribution in [0.15, 0.2) is 72.8 Å². The molecule has 1 amide bonds. The van der Waals surface area contributed by atoms with Crippen molar-refractivity contribution < 1.29 is 14.3 Å². The lowest BCUT2D eigenvalue weighted by Gasteiger charge is -2.12. The number of amides is 1. The van der Waals surface area contributed by atoms with Crippen molar-refractivity contribution in [1.82, 2.24) is 0 Å². The largest absolute Gasteiger partial charge is 0.458 e. The lowest BCUT2D eigenvalue weighted by Crippen LogP contribution is -2.26. The topological polar surface area (TPSA) is 46.6 Å². The summed E-state index contributed by atoms with van der Waals surface area (Å²) in [6, 6.07) is 16.7. The van der Waals surface area contributed by atoms with Gasteiger partial charge in [0.15, 0.2) is 0 Å². The number of esters is 1. The summed E-state index contributed by atoms with van der Waals surface area (Å²) in [5, 5.41) is 0. The van der Waals surface area contributed by atoms with Crippen LogP contribution in [0, 0.1) is 11.8 Å². The average Bonchev–Trinajstić information content (AvgIpc) is 2.93. The van der Waals surface area contributed by atoms with E-state index < -0.39 is 5.97 Å². The molecule has 0 saturated carbocycles. The van der Waals surface area contributed by atoms with E-state index >= 15 is 0 Å². The first kappa shape index (κ1) is 18.2. The standard InChI is InChI=1S/C23H19NO3/c1-17(2)9-8-14-24-21-13-7-6-12-19(21)20(23(24)26)15-22(25)27-16-18-10-4-3-5-11-18/h3-7,10-13,15H,1,14,16H2,2H3/b20-15-. The molecule has 0 fully saturated rings. The third-order valence-electron chi connectivity index (χ3n) is 3.99. The molecule has 0 radical (unpaired) electrons. The van der Waals surface area contributed by atoms with Gasteiger partial charge >= 0.3 is 5.97 Å². The first-order valence-electron chi connectivity index (χ1n) is 8.54. The number of ether oxygens (including phenoxy) is 1. The van der Waals surface area contributed by atoms with Gasteiger partial charge in [-0.15, -0.1) is 0 Å². The molecule has 27 heavy (non-hydrogen) atoms. The van der Waals surface area contributed by atoms with Gasteiger partial charge in [-0.3, -0.25) is 9.69 Å². The Morgan fingerprint density at radius 2 is 1.85 bits per heavy atom. The average molecular weight is 357 g/mol. The van der Waals surface area contributed by atoms with Crippen molar-refractivity contribution in [1.29, 1.82) is 0 Å². The van der Waals surface area contributed by atoms with Gasteiger partial charge in [0, 0.05) is 11.6 Å². The minimum absolute atomic E-state index is 0.160. The molecule has 2 aromatic rings. The molecule has 3 rings (SSSR count). The fraction of sp³-hybridized carbons (Fsp3) is 0.130. The third-order valence-corrected chi connectivity index (χ3v) is 3.99.